The molecule has 2 aromatic heterocycles. The predicted molar refractivity (Wildman–Crippen MR) is 95.1 cm³/mol. The van der Waals surface area contributed by atoms with Crippen LogP contribution in [0.2, 0.25) is 0 Å². The molecular weight excluding hydrogens is 318 g/mol. The van der Waals surface area contributed by atoms with Crippen LogP contribution >= 0.6 is 0 Å². The van der Waals surface area contributed by atoms with Gasteiger partial charge in [-0.05, 0) is 37.8 Å². The fourth-order valence-electron chi connectivity index (χ4n) is 3.77. The minimum absolute atomic E-state index is 0.0228. The van der Waals surface area contributed by atoms with Crippen molar-refractivity contribution in [3.05, 3.63) is 45.6 Å². The highest BCUT2D eigenvalue weighted by molar-refractivity contribution is 5.94. The maximum atomic E-state index is 12.6. The van der Waals surface area contributed by atoms with Crippen molar-refractivity contribution >= 4 is 11.9 Å². The van der Waals surface area contributed by atoms with E-state index in [1.165, 1.54) is 0 Å². The summed E-state index contributed by atoms with van der Waals surface area (Å²) in [5.74, 6) is 0.808. The highest BCUT2D eigenvalue weighted by atomic mass is 16.2. The van der Waals surface area contributed by atoms with Gasteiger partial charge in [0.25, 0.3) is 11.5 Å². The number of nitrogens with one attached hydrogen (secondary N) is 2. The summed E-state index contributed by atoms with van der Waals surface area (Å²) in [6.45, 7) is 5.10. The number of H-pyrrole nitrogens is 2. The van der Waals surface area contributed by atoms with E-state index in [2.05, 4.69) is 14.9 Å². The Morgan fingerprint density at radius 2 is 2.08 bits per heavy atom. The third kappa shape index (κ3) is 3.06. The number of amides is 1. The number of aromatic amines is 2. The van der Waals surface area contributed by atoms with E-state index < -0.39 is 0 Å². The molecule has 7 heteroatoms. The molecule has 2 aromatic rings. The van der Waals surface area contributed by atoms with Gasteiger partial charge in [-0.15, -0.1) is 0 Å². The van der Waals surface area contributed by atoms with Crippen LogP contribution in [-0.2, 0) is 0 Å². The van der Waals surface area contributed by atoms with Crippen LogP contribution in [-0.4, -0.2) is 51.9 Å². The molecule has 0 spiro atoms. The molecule has 4 rings (SSSR count). The van der Waals surface area contributed by atoms with Crippen molar-refractivity contribution in [3.63, 3.8) is 0 Å². The number of aromatic nitrogens is 3. The number of carbonyl (C=O) groups excluding carboxylic acids is 1. The van der Waals surface area contributed by atoms with Crippen molar-refractivity contribution in [3.8, 4) is 0 Å². The SMILES string of the molecule is Cc1cc[nH]c1C(=O)N1CCC(c2cc(=O)[nH]c(N3CCCC3)n2)C1. The van der Waals surface area contributed by atoms with E-state index in [-0.39, 0.29) is 17.4 Å². The van der Waals surface area contributed by atoms with E-state index >= 15 is 0 Å². The Balaban J connectivity index is 1.52. The molecule has 2 aliphatic heterocycles. The second-order valence-electron chi connectivity index (χ2n) is 6.96. The molecule has 2 saturated heterocycles. The minimum Gasteiger partial charge on any atom is -0.357 e. The third-order valence-corrected chi connectivity index (χ3v) is 5.22. The Bertz CT molecular complexity index is 834. The first-order valence-electron chi connectivity index (χ1n) is 8.91. The first kappa shape index (κ1) is 15.9. The van der Waals surface area contributed by atoms with E-state index in [0.717, 1.165) is 43.6 Å². The van der Waals surface area contributed by atoms with Crippen molar-refractivity contribution in [2.45, 2.75) is 32.1 Å². The molecule has 1 atom stereocenters. The van der Waals surface area contributed by atoms with Crippen molar-refractivity contribution in [2.24, 2.45) is 0 Å². The lowest BCUT2D eigenvalue weighted by Gasteiger charge is -2.18. The zero-order chi connectivity index (χ0) is 17.4. The van der Waals surface area contributed by atoms with Crippen molar-refractivity contribution in [1.29, 1.82) is 0 Å². The van der Waals surface area contributed by atoms with Crippen molar-refractivity contribution in [2.75, 3.05) is 31.1 Å². The molecule has 0 aromatic carbocycles. The summed E-state index contributed by atoms with van der Waals surface area (Å²) in [4.78, 5) is 39.3. The molecule has 2 N–H and O–H groups in total. The molecular formula is C18H23N5O2. The van der Waals surface area contributed by atoms with Gasteiger partial charge in [-0.2, -0.15) is 0 Å². The molecule has 132 valence electrons. The summed E-state index contributed by atoms with van der Waals surface area (Å²) in [6, 6.07) is 3.49. The highest BCUT2D eigenvalue weighted by Gasteiger charge is 2.30. The zero-order valence-electron chi connectivity index (χ0n) is 14.4. The summed E-state index contributed by atoms with van der Waals surface area (Å²) in [5.41, 5.74) is 2.29. The molecule has 0 radical (unpaired) electrons. The molecule has 2 aliphatic rings. The Hall–Kier alpha value is -2.57. The fourth-order valence-corrected chi connectivity index (χ4v) is 3.77. The van der Waals surface area contributed by atoms with Crippen LogP contribution in [0.4, 0.5) is 5.95 Å². The smallest absolute Gasteiger partial charge is 0.270 e. The number of hydrogen-bond donors (Lipinski definition) is 2. The molecule has 0 saturated carbocycles. The van der Waals surface area contributed by atoms with Gasteiger partial charge >= 0.3 is 0 Å². The molecule has 4 heterocycles. The van der Waals surface area contributed by atoms with Crippen LogP contribution < -0.4 is 10.5 Å². The van der Waals surface area contributed by atoms with Crippen LogP contribution in [0.25, 0.3) is 0 Å². The maximum absolute atomic E-state index is 12.6. The Kier molecular flexibility index (Phi) is 4.07. The number of likely N-dealkylation sites (tertiary alicyclic amines) is 1. The van der Waals surface area contributed by atoms with E-state index in [4.69, 9.17) is 4.98 Å². The molecule has 1 unspecified atom stereocenters. The first-order chi connectivity index (χ1) is 12.1. The normalized spacial score (nSPS) is 20.4. The van der Waals surface area contributed by atoms with E-state index in [0.29, 0.717) is 24.7 Å². The molecule has 0 aliphatic carbocycles. The summed E-state index contributed by atoms with van der Waals surface area (Å²) in [5, 5.41) is 0. The topological polar surface area (TPSA) is 85.1 Å². The second-order valence-corrected chi connectivity index (χ2v) is 6.96. The number of aryl methyl sites for hydroxylation is 1. The third-order valence-electron chi connectivity index (χ3n) is 5.22. The maximum Gasteiger partial charge on any atom is 0.270 e. The van der Waals surface area contributed by atoms with Gasteiger partial charge in [-0.1, -0.05) is 0 Å². The first-order valence-corrected chi connectivity index (χ1v) is 8.91. The van der Waals surface area contributed by atoms with Gasteiger partial charge in [0.1, 0.15) is 5.69 Å². The molecule has 0 bridgehead atoms. The quantitative estimate of drug-likeness (QED) is 0.889. The van der Waals surface area contributed by atoms with Gasteiger partial charge in [0.2, 0.25) is 5.95 Å². The minimum atomic E-state index is -0.114. The Morgan fingerprint density at radius 1 is 1.28 bits per heavy atom. The van der Waals surface area contributed by atoms with E-state index in [1.807, 2.05) is 17.9 Å². The van der Waals surface area contributed by atoms with Crippen LogP contribution in [0.3, 0.4) is 0 Å². The lowest BCUT2D eigenvalue weighted by atomic mass is 10.1. The van der Waals surface area contributed by atoms with Crippen molar-refractivity contribution < 1.29 is 4.79 Å². The summed E-state index contributed by atoms with van der Waals surface area (Å²) in [6.07, 6.45) is 4.89. The standard InChI is InChI=1S/C18H23N5O2/c1-12-4-6-19-16(12)17(25)23-9-5-13(11-23)14-10-15(24)21-18(20-14)22-7-2-3-8-22/h4,6,10,13,19H,2-3,5,7-9,11H2,1H3,(H,20,21,24). The van der Waals surface area contributed by atoms with E-state index in [9.17, 15) is 9.59 Å². The van der Waals surface area contributed by atoms with Gasteiger partial charge in [0, 0.05) is 44.4 Å². The van der Waals surface area contributed by atoms with Gasteiger partial charge in [-0.3, -0.25) is 14.6 Å². The average Bonchev–Trinajstić information content (AvgIpc) is 3.35. The van der Waals surface area contributed by atoms with Crippen LogP contribution in [0.5, 0.6) is 0 Å². The summed E-state index contributed by atoms with van der Waals surface area (Å²) in [7, 11) is 0. The van der Waals surface area contributed by atoms with Gasteiger partial charge in [0.15, 0.2) is 0 Å². The summed E-state index contributed by atoms with van der Waals surface area (Å²) < 4.78 is 0. The number of anilines is 1. The fraction of sp³-hybridized carbons (Fsp3) is 0.500. The van der Waals surface area contributed by atoms with Gasteiger partial charge in [-0.25, -0.2) is 4.98 Å². The zero-order valence-corrected chi connectivity index (χ0v) is 14.4. The van der Waals surface area contributed by atoms with Crippen LogP contribution in [0.15, 0.2) is 23.1 Å². The molecule has 25 heavy (non-hydrogen) atoms. The second kappa shape index (κ2) is 6.38. The Morgan fingerprint density at radius 3 is 2.80 bits per heavy atom. The lowest BCUT2D eigenvalue weighted by molar-refractivity contribution is 0.0785. The highest BCUT2D eigenvalue weighted by Crippen LogP contribution is 2.27. The van der Waals surface area contributed by atoms with Crippen LogP contribution in [0.1, 0.15) is 46.9 Å². The number of rotatable bonds is 3. The number of hydrogen-bond acceptors (Lipinski definition) is 4. The van der Waals surface area contributed by atoms with Crippen molar-refractivity contribution in [1.82, 2.24) is 19.9 Å². The predicted octanol–water partition coefficient (Wildman–Crippen LogP) is 1.64. The van der Waals surface area contributed by atoms with Crippen LogP contribution in [0, 0.1) is 6.92 Å². The number of carbonyl (C=O) groups is 1. The lowest BCUT2D eigenvalue weighted by Crippen LogP contribution is -2.29. The Labute approximate surface area is 146 Å². The largest absolute Gasteiger partial charge is 0.357 e. The van der Waals surface area contributed by atoms with Gasteiger partial charge < -0.3 is 14.8 Å². The average molecular weight is 341 g/mol. The monoisotopic (exact) mass is 341 g/mol. The molecule has 7 nitrogen and oxygen atoms in total. The summed E-state index contributed by atoms with van der Waals surface area (Å²) >= 11 is 0. The molecule has 1 amide bonds. The van der Waals surface area contributed by atoms with Gasteiger partial charge in [0.05, 0.1) is 5.69 Å². The van der Waals surface area contributed by atoms with E-state index in [1.54, 1.807) is 12.3 Å². The molecule has 2 fully saturated rings. The number of nitrogens with zero attached hydrogens (tertiary/aromatic N) is 3.